The summed E-state index contributed by atoms with van der Waals surface area (Å²) in [4.78, 5) is 8.54. The van der Waals surface area contributed by atoms with Gasteiger partial charge in [-0.3, -0.25) is 0 Å². The van der Waals surface area contributed by atoms with Crippen LogP contribution in [0, 0.1) is 0 Å². The van der Waals surface area contributed by atoms with Crippen molar-refractivity contribution in [1.29, 1.82) is 0 Å². The molecule has 3 rings (SSSR count). The lowest BCUT2D eigenvalue weighted by atomic mass is 10.1. The quantitative estimate of drug-likeness (QED) is 0.781. The van der Waals surface area contributed by atoms with Crippen molar-refractivity contribution in [2.75, 3.05) is 19.0 Å². The predicted octanol–water partition coefficient (Wildman–Crippen LogP) is 3.35. The first-order chi connectivity index (χ1) is 9.88. The third kappa shape index (κ3) is 2.58. The Labute approximate surface area is 121 Å². The number of methoxy groups -OCH3 is 1. The van der Waals surface area contributed by atoms with Crippen molar-refractivity contribution in [2.45, 2.75) is 6.42 Å². The molecule has 0 aliphatic heterocycles. The van der Waals surface area contributed by atoms with E-state index in [1.807, 2.05) is 29.6 Å². The van der Waals surface area contributed by atoms with E-state index >= 15 is 0 Å². The van der Waals surface area contributed by atoms with Crippen LogP contribution in [0.1, 0.15) is 5.56 Å². The standard InChI is InChI=1S/C15H15N3OS/c1-19-13-5-3-2-4-11(13)6-8-16-15-14-12(7-9-20-14)17-10-18-15/h2-5,7,9-10H,6,8H2,1H3,(H,16,17,18). The first kappa shape index (κ1) is 12.9. The van der Waals surface area contributed by atoms with Gasteiger partial charge in [0.25, 0.3) is 0 Å². The lowest BCUT2D eigenvalue weighted by Crippen LogP contribution is -2.07. The summed E-state index contributed by atoms with van der Waals surface area (Å²) in [5, 5.41) is 5.41. The number of fused-ring (bicyclic) bond motifs is 1. The van der Waals surface area contributed by atoms with E-state index in [2.05, 4.69) is 21.4 Å². The largest absolute Gasteiger partial charge is 0.496 e. The third-order valence-electron chi connectivity index (χ3n) is 3.12. The molecule has 2 heterocycles. The molecule has 0 aliphatic carbocycles. The van der Waals surface area contributed by atoms with E-state index in [0.29, 0.717) is 0 Å². The average molecular weight is 285 g/mol. The molecule has 1 aromatic carbocycles. The normalized spacial score (nSPS) is 10.7. The topological polar surface area (TPSA) is 47.0 Å². The minimum absolute atomic E-state index is 0.810. The zero-order valence-corrected chi connectivity index (χ0v) is 12.0. The van der Waals surface area contributed by atoms with Crippen molar-refractivity contribution in [2.24, 2.45) is 0 Å². The van der Waals surface area contributed by atoms with Crippen LogP contribution in [-0.4, -0.2) is 23.6 Å². The smallest absolute Gasteiger partial charge is 0.147 e. The van der Waals surface area contributed by atoms with Crippen molar-refractivity contribution in [3.05, 3.63) is 47.6 Å². The number of nitrogens with zero attached hydrogens (tertiary/aromatic N) is 2. The number of hydrogen-bond donors (Lipinski definition) is 1. The maximum absolute atomic E-state index is 5.35. The van der Waals surface area contributed by atoms with Crippen LogP contribution in [0.2, 0.25) is 0 Å². The van der Waals surface area contributed by atoms with E-state index in [1.54, 1.807) is 24.8 Å². The van der Waals surface area contributed by atoms with Gasteiger partial charge in [0.1, 0.15) is 17.9 Å². The van der Waals surface area contributed by atoms with Crippen molar-refractivity contribution in [1.82, 2.24) is 9.97 Å². The van der Waals surface area contributed by atoms with E-state index < -0.39 is 0 Å². The van der Waals surface area contributed by atoms with Crippen LogP contribution < -0.4 is 10.1 Å². The highest BCUT2D eigenvalue weighted by atomic mass is 32.1. The summed E-state index contributed by atoms with van der Waals surface area (Å²) < 4.78 is 6.46. The van der Waals surface area contributed by atoms with Gasteiger partial charge in [-0.05, 0) is 29.5 Å². The summed E-state index contributed by atoms with van der Waals surface area (Å²) in [5.74, 6) is 1.83. The number of thiophene rings is 1. The first-order valence-electron chi connectivity index (χ1n) is 6.42. The summed E-state index contributed by atoms with van der Waals surface area (Å²) in [6, 6.07) is 10.1. The molecule has 0 radical (unpaired) electrons. The fraction of sp³-hybridized carbons (Fsp3) is 0.200. The van der Waals surface area contributed by atoms with Crippen LogP contribution in [0.25, 0.3) is 10.2 Å². The zero-order valence-electron chi connectivity index (χ0n) is 11.2. The Hall–Kier alpha value is -2.14. The second-order valence-electron chi connectivity index (χ2n) is 4.35. The van der Waals surface area contributed by atoms with Gasteiger partial charge >= 0.3 is 0 Å². The van der Waals surface area contributed by atoms with Crippen LogP contribution in [0.3, 0.4) is 0 Å². The minimum atomic E-state index is 0.810. The predicted molar refractivity (Wildman–Crippen MR) is 82.6 cm³/mol. The van der Waals surface area contributed by atoms with E-state index in [1.165, 1.54) is 5.56 Å². The van der Waals surface area contributed by atoms with Crippen molar-refractivity contribution < 1.29 is 4.74 Å². The van der Waals surface area contributed by atoms with Crippen LogP contribution >= 0.6 is 11.3 Å². The molecule has 2 aromatic heterocycles. The van der Waals surface area contributed by atoms with Crippen molar-refractivity contribution in [3.63, 3.8) is 0 Å². The van der Waals surface area contributed by atoms with Crippen LogP contribution in [0.4, 0.5) is 5.82 Å². The van der Waals surface area contributed by atoms with E-state index in [-0.39, 0.29) is 0 Å². The molecule has 4 nitrogen and oxygen atoms in total. The molecule has 0 saturated carbocycles. The zero-order chi connectivity index (χ0) is 13.8. The summed E-state index contributed by atoms with van der Waals surface area (Å²) in [6.07, 6.45) is 2.49. The lowest BCUT2D eigenvalue weighted by Gasteiger charge is -2.09. The molecule has 0 saturated heterocycles. The number of rotatable bonds is 5. The molecule has 102 valence electrons. The first-order valence-corrected chi connectivity index (χ1v) is 7.30. The number of nitrogens with one attached hydrogen (secondary N) is 1. The molecule has 0 spiro atoms. The van der Waals surface area contributed by atoms with Gasteiger partial charge in [-0.15, -0.1) is 11.3 Å². The summed E-state index contributed by atoms with van der Waals surface area (Å²) >= 11 is 1.66. The Kier molecular flexibility index (Phi) is 3.78. The Morgan fingerprint density at radius 2 is 2.10 bits per heavy atom. The molecule has 0 fully saturated rings. The second-order valence-corrected chi connectivity index (χ2v) is 5.26. The van der Waals surface area contributed by atoms with Crippen molar-refractivity contribution in [3.8, 4) is 5.75 Å². The summed E-state index contributed by atoms with van der Waals surface area (Å²) in [7, 11) is 1.70. The molecular weight excluding hydrogens is 270 g/mol. The Balaban J connectivity index is 1.69. The second kappa shape index (κ2) is 5.88. The molecule has 3 aromatic rings. The maximum atomic E-state index is 5.35. The number of ether oxygens (including phenoxy) is 1. The molecular formula is C15H15N3OS. The molecule has 0 atom stereocenters. The summed E-state index contributed by atoms with van der Waals surface area (Å²) in [6.45, 7) is 0.810. The van der Waals surface area contributed by atoms with E-state index in [9.17, 15) is 0 Å². The molecule has 20 heavy (non-hydrogen) atoms. The fourth-order valence-electron chi connectivity index (χ4n) is 2.14. The lowest BCUT2D eigenvalue weighted by molar-refractivity contribution is 0.410. The molecule has 5 heteroatoms. The highest BCUT2D eigenvalue weighted by Gasteiger charge is 2.05. The van der Waals surface area contributed by atoms with Crippen molar-refractivity contribution >= 4 is 27.4 Å². The van der Waals surface area contributed by atoms with E-state index in [4.69, 9.17) is 4.74 Å². The highest BCUT2D eigenvalue weighted by Crippen LogP contribution is 2.25. The third-order valence-corrected chi connectivity index (χ3v) is 4.03. The van der Waals surface area contributed by atoms with Crippen LogP contribution in [-0.2, 0) is 6.42 Å². The molecule has 0 amide bonds. The van der Waals surface area contributed by atoms with Gasteiger partial charge in [-0.1, -0.05) is 18.2 Å². The monoisotopic (exact) mass is 285 g/mol. The molecule has 1 N–H and O–H groups in total. The number of para-hydroxylation sites is 1. The van der Waals surface area contributed by atoms with Gasteiger partial charge < -0.3 is 10.1 Å². The Morgan fingerprint density at radius 1 is 1.20 bits per heavy atom. The Morgan fingerprint density at radius 3 is 3.00 bits per heavy atom. The fourth-order valence-corrected chi connectivity index (χ4v) is 2.95. The van der Waals surface area contributed by atoms with Crippen LogP contribution in [0.15, 0.2) is 42.0 Å². The van der Waals surface area contributed by atoms with Gasteiger partial charge in [0, 0.05) is 6.54 Å². The summed E-state index contributed by atoms with van der Waals surface area (Å²) in [5.41, 5.74) is 2.18. The van der Waals surface area contributed by atoms with Gasteiger partial charge in [0.15, 0.2) is 0 Å². The van der Waals surface area contributed by atoms with Gasteiger partial charge in [0.2, 0.25) is 0 Å². The van der Waals surface area contributed by atoms with Crippen LogP contribution in [0.5, 0.6) is 5.75 Å². The number of aromatic nitrogens is 2. The highest BCUT2D eigenvalue weighted by molar-refractivity contribution is 7.17. The average Bonchev–Trinajstić information content (AvgIpc) is 2.97. The van der Waals surface area contributed by atoms with E-state index in [0.717, 1.165) is 34.7 Å². The van der Waals surface area contributed by atoms with Gasteiger partial charge in [-0.2, -0.15) is 0 Å². The molecule has 0 bridgehead atoms. The van der Waals surface area contributed by atoms with Gasteiger partial charge in [-0.25, -0.2) is 9.97 Å². The Bertz CT molecular complexity index is 711. The SMILES string of the molecule is COc1ccccc1CCNc1ncnc2ccsc12. The van der Waals surface area contributed by atoms with Gasteiger partial charge in [0.05, 0.1) is 17.3 Å². The molecule has 0 aliphatic rings. The number of benzene rings is 1. The maximum Gasteiger partial charge on any atom is 0.147 e. The number of hydrogen-bond acceptors (Lipinski definition) is 5. The molecule has 0 unspecified atom stereocenters. The number of anilines is 1. The minimum Gasteiger partial charge on any atom is -0.496 e.